The Bertz CT molecular complexity index is 580. The zero-order valence-electron chi connectivity index (χ0n) is 11.2. The molecule has 1 aromatic carbocycles. The Labute approximate surface area is 116 Å². The summed E-state index contributed by atoms with van der Waals surface area (Å²) in [6.45, 7) is 3.53. The van der Waals surface area contributed by atoms with Crippen molar-refractivity contribution in [3.05, 3.63) is 52.0 Å². The fourth-order valence-corrected chi connectivity index (χ4v) is 2.85. The minimum absolute atomic E-state index is 0.125. The van der Waals surface area contributed by atoms with Crippen LogP contribution in [0.2, 0.25) is 0 Å². The van der Waals surface area contributed by atoms with Crippen LogP contribution in [0.3, 0.4) is 0 Å². The zero-order chi connectivity index (χ0) is 14.0. The van der Waals surface area contributed by atoms with Crippen molar-refractivity contribution in [1.29, 1.82) is 0 Å². The van der Waals surface area contributed by atoms with E-state index in [4.69, 9.17) is 0 Å². The Morgan fingerprint density at radius 1 is 1.37 bits per heavy atom. The van der Waals surface area contributed by atoms with Crippen LogP contribution in [0.25, 0.3) is 0 Å². The standard InChI is InChI=1S/C15H16FNOS/c1-10(15-5-4-8-19-15)17(3)14-7-6-12(16)9-13(14)11(2)18/h4-10H,1-3H3. The van der Waals surface area contributed by atoms with Crippen molar-refractivity contribution in [1.82, 2.24) is 0 Å². The van der Waals surface area contributed by atoms with Gasteiger partial charge in [0, 0.05) is 23.2 Å². The third-order valence-electron chi connectivity index (χ3n) is 3.25. The molecule has 0 fully saturated rings. The third kappa shape index (κ3) is 2.84. The summed E-state index contributed by atoms with van der Waals surface area (Å²) >= 11 is 1.67. The minimum atomic E-state index is -0.383. The van der Waals surface area contributed by atoms with E-state index in [1.165, 1.54) is 23.9 Å². The van der Waals surface area contributed by atoms with Gasteiger partial charge in [0.05, 0.1) is 6.04 Å². The van der Waals surface area contributed by atoms with E-state index < -0.39 is 0 Å². The molecule has 0 aliphatic carbocycles. The summed E-state index contributed by atoms with van der Waals surface area (Å²) in [6.07, 6.45) is 0. The average molecular weight is 277 g/mol. The smallest absolute Gasteiger partial charge is 0.161 e. The maximum Gasteiger partial charge on any atom is 0.161 e. The molecule has 2 aromatic rings. The largest absolute Gasteiger partial charge is 0.366 e. The lowest BCUT2D eigenvalue weighted by molar-refractivity contribution is 0.101. The van der Waals surface area contributed by atoms with Gasteiger partial charge in [-0.15, -0.1) is 11.3 Å². The molecule has 0 bridgehead atoms. The van der Waals surface area contributed by atoms with Crippen molar-refractivity contribution >= 4 is 22.8 Å². The highest BCUT2D eigenvalue weighted by atomic mass is 32.1. The summed E-state index contributed by atoms with van der Waals surface area (Å²) in [5.41, 5.74) is 1.18. The van der Waals surface area contributed by atoms with Gasteiger partial charge < -0.3 is 4.90 Å². The second kappa shape index (κ2) is 5.53. The zero-order valence-corrected chi connectivity index (χ0v) is 12.0. The summed E-state index contributed by atoms with van der Waals surface area (Å²) in [4.78, 5) is 14.9. The van der Waals surface area contributed by atoms with Gasteiger partial charge in [0.1, 0.15) is 5.82 Å². The number of hydrogen-bond donors (Lipinski definition) is 0. The summed E-state index contributed by atoms with van der Waals surface area (Å²) < 4.78 is 13.3. The average Bonchev–Trinajstić information content (AvgIpc) is 2.90. The Kier molecular flexibility index (Phi) is 4.00. The van der Waals surface area contributed by atoms with Crippen LogP contribution in [0, 0.1) is 5.82 Å². The molecule has 2 rings (SSSR count). The molecule has 0 spiro atoms. The van der Waals surface area contributed by atoms with Crippen LogP contribution in [-0.4, -0.2) is 12.8 Å². The summed E-state index contributed by atoms with van der Waals surface area (Å²) in [5.74, 6) is -0.508. The molecule has 0 saturated carbocycles. The fraction of sp³-hybridized carbons (Fsp3) is 0.267. The molecule has 0 saturated heterocycles. The SMILES string of the molecule is CC(=O)c1cc(F)ccc1N(C)C(C)c1cccs1. The molecule has 2 nitrogen and oxygen atoms in total. The number of carbonyl (C=O) groups excluding carboxylic acids is 1. The lowest BCUT2D eigenvalue weighted by Gasteiger charge is -2.28. The molecule has 1 atom stereocenters. The van der Waals surface area contributed by atoms with E-state index in [1.54, 1.807) is 17.4 Å². The molecule has 100 valence electrons. The Hall–Kier alpha value is -1.68. The number of Topliss-reactive ketones (excluding diaryl/α,β-unsaturated/α-hetero) is 1. The van der Waals surface area contributed by atoms with Crippen LogP contribution in [0.1, 0.15) is 35.1 Å². The molecular formula is C15H16FNOS. The Morgan fingerprint density at radius 3 is 2.68 bits per heavy atom. The monoisotopic (exact) mass is 277 g/mol. The van der Waals surface area contributed by atoms with Crippen LogP contribution in [-0.2, 0) is 0 Å². The molecule has 1 unspecified atom stereocenters. The number of halogens is 1. The molecule has 4 heteroatoms. The molecular weight excluding hydrogens is 261 g/mol. The van der Waals surface area contributed by atoms with Crippen molar-refractivity contribution in [2.24, 2.45) is 0 Å². The molecule has 1 aromatic heterocycles. The van der Waals surface area contributed by atoms with Crippen LogP contribution in [0.4, 0.5) is 10.1 Å². The van der Waals surface area contributed by atoms with Crippen molar-refractivity contribution in [3.8, 4) is 0 Å². The first kappa shape index (κ1) is 13.7. The van der Waals surface area contributed by atoms with Crippen LogP contribution in [0.15, 0.2) is 35.7 Å². The molecule has 0 radical (unpaired) electrons. The number of benzene rings is 1. The van der Waals surface area contributed by atoms with Crippen molar-refractivity contribution in [3.63, 3.8) is 0 Å². The van der Waals surface area contributed by atoms with E-state index >= 15 is 0 Å². The van der Waals surface area contributed by atoms with E-state index in [2.05, 4.69) is 13.0 Å². The summed E-state index contributed by atoms with van der Waals surface area (Å²) in [5, 5.41) is 2.02. The van der Waals surface area contributed by atoms with Gasteiger partial charge in [0.15, 0.2) is 5.78 Å². The summed E-state index contributed by atoms with van der Waals surface area (Å²) in [6, 6.07) is 8.55. The topological polar surface area (TPSA) is 20.3 Å². The van der Waals surface area contributed by atoms with Gasteiger partial charge in [-0.3, -0.25) is 4.79 Å². The van der Waals surface area contributed by atoms with Gasteiger partial charge in [-0.05, 0) is 43.5 Å². The van der Waals surface area contributed by atoms with Gasteiger partial charge in [-0.1, -0.05) is 6.07 Å². The Morgan fingerprint density at radius 2 is 2.11 bits per heavy atom. The molecule has 0 aliphatic rings. The van der Waals surface area contributed by atoms with Gasteiger partial charge in [-0.25, -0.2) is 4.39 Å². The van der Waals surface area contributed by atoms with Crippen LogP contribution >= 0.6 is 11.3 Å². The fourth-order valence-electron chi connectivity index (χ4n) is 2.03. The minimum Gasteiger partial charge on any atom is -0.366 e. The lowest BCUT2D eigenvalue weighted by Crippen LogP contribution is -2.22. The second-order valence-corrected chi connectivity index (χ2v) is 5.50. The molecule has 1 heterocycles. The molecule has 0 aliphatic heterocycles. The maximum absolute atomic E-state index is 13.3. The van der Waals surface area contributed by atoms with E-state index in [0.717, 1.165) is 5.69 Å². The predicted molar refractivity (Wildman–Crippen MR) is 77.5 cm³/mol. The van der Waals surface area contributed by atoms with E-state index in [1.807, 2.05) is 23.4 Å². The highest BCUT2D eigenvalue weighted by Crippen LogP contribution is 2.31. The first-order valence-electron chi connectivity index (χ1n) is 6.07. The van der Waals surface area contributed by atoms with Gasteiger partial charge in [-0.2, -0.15) is 0 Å². The van der Waals surface area contributed by atoms with Crippen molar-refractivity contribution in [2.45, 2.75) is 19.9 Å². The van der Waals surface area contributed by atoms with E-state index in [9.17, 15) is 9.18 Å². The van der Waals surface area contributed by atoms with Gasteiger partial charge in [0.2, 0.25) is 0 Å². The first-order chi connectivity index (χ1) is 9.00. The maximum atomic E-state index is 13.3. The number of ketones is 1. The number of carbonyl (C=O) groups is 1. The van der Waals surface area contributed by atoms with Gasteiger partial charge in [0.25, 0.3) is 0 Å². The van der Waals surface area contributed by atoms with Crippen LogP contribution < -0.4 is 4.90 Å². The third-order valence-corrected chi connectivity index (χ3v) is 4.30. The van der Waals surface area contributed by atoms with Crippen molar-refractivity contribution < 1.29 is 9.18 Å². The molecule has 0 N–H and O–H groups in total. The molecule has 0 amide bonds. The van der Waals surface area contributed by atoms with E-state index in [-0.39, 0.29) is 17.6 Å². The molecule has 19 heavy (non-hydrogen) atoms. The van der Waals surface area contributed by atoms with Gasteiger partial charge >= 0.3 is 0 Å². The highest BCUT2D eigenvalue weighted by molar-refractivity contribution is 7.10. The normalized spacial score (nSPS) is 12.2. The number of thiophene rings is 1. The van der Waals surface area contributed by atoms with Crippen LogP contribution in [0.5, 0.6) is 0 Å². The highest BCUT2D eigenvalue weighted by Gasteiger charge is 2.18. The van der Waals surface area contributed by atoms with E-state index in [0.29, 0.717) is 5.56 Å². The first-order valence-corrected chi connectivity index (χ1v) is 6.95. The number of nitrogens with zero attached hydrogens (tertiary/aromatic N) is 1. The predicted octanol–water partition coefficient (Wildman–Crippen LogP) is 4.29. The van der Waals surface area contributed by atoms with Crippen molar-refractivity contribution in [2.75, 3.05) is 11.9 Å². The summed E-state index contributed by atoms with van der Waals surface area (Å²) in [7, 11) is 1.92. The number of hydrogen-bond acceptors (Lipinski definition) is 3. The number of rotatable bonds is 4. The quantitative estimate of drug-likeness (QED) is 0.777. The second-order valence-electron chi connectivity index (χ2n) is 4.52. The lowest BCUT2D eigenvalue weighted by atomic mass is 10.1. The number of anilines is 1. The Balaban J connectivity index is 2.38.